The van der Waals surface area contributed by atoms with Gasteiger partial charge >= 0.3 is 0 Å². The van der Waals surface area contributed by atoms with Gasteiger partial charge < -0.3 is 9.52 Å². The van der Waals surface area contributed by atoms with Crippen molar-refractivity contribution in [2.24, 2.45) is 0 Å². The molecule has 2 unspecified atom stereocenters. The molecule has 0 saturated carbocycles. The van der Waals surface area contributed by atoms with Gasteiger partial charge in [-0.05, 0) is 44.9 Å². The molecule has 1 aliphatic heterocycles. The third kappa shape index (κ3) is 4.81. The van der Waals surface area contributed by atoms with E-state index in [0.717, 1.165) is 19.4 Å². The average molecular weight is 316 g/mol. The number of furan rings is 1. The molecule has 120 valence electrons. The predicted molar refractivity (Wildman–Crippen MR) is 80.3 cm³/mol. The van der Waals surface area contributed by atoms with Gasteiger partial charge in [0.2, 0.25) is 10.0 Å². The average Bonchev–Trinajstić information content (AvgIpc) is 3.10. The Kier molecular flexibility index (Phi) is 5.80. The van der Waals surface area contributed by atoms with Gasteiger partial charge in [-0.2, -0.15) is 0 Å². The molecule has 7 heteroatoms. The fourth-order valence-electron chi connectivity index (χ4n) is 2.76. The summed E-state index contributed by atoms with van der Waals surface area (Å²) in [7, 11) is -3.13. The van der Waals surface area contributed by atoms with Crippen LogP contribution in [-0.2, 0) is 10.0 Å². The largest absolute Gasteiger partial charge is 0.467 e. The van der Waals surface area contributed by atoms with Crippen LogP contribution in [0.2, 0.25) is 0 Å². The number of sulfonamides is 1. The summed E-state index contributed by atoms with van der Waals surface area (Å²) < 4.78 is 30.6. The number of hydrogen-bond donors (Lipinski definition) is 2. The highest BCUT2D eigenvalue weighted by Crippen LogP contribution is 2.27. The molecule has 0 aromatic carbocycles. The topological polar surface area (TPSA) is 82.8 Å². The van der Waals surface area contributed by atoms with E-state index in [-0.39, 0.29) is 11.8 Å². The second-order valence-corrected chi connectivity index (χ2v) is 7.49. The highest BCUT2D eigenvalue weighted by atomic mass is 32.2. The van der Waals surface area contributed by atoms with Crippen LogP contribution in [0.1, 0.15) is 38.1 Å². The third-order valence-corrected chi connectivity index (χ3v) is 5.37. The van der Waals surface area contributed by atoms with Gasteiger partial charge in [-0.15, -0.1) is 0 Å². The van der Waals surface area contributed by atoms with Crippen molar-refractivity contribution in [2.45, 2.75) is 38.3 Å². The smallest absolute Gasteiger partial charge is 0.211 e. The van der Waals surface area contributed by atoms with Crippen molar-refractivity contribution in [2.75, 3.05) is 25.4 Å². The first-order valence-corrected chi connectivity index (χ1v) is 9.10. The molecule has 1 aromatic heterocycles. The molecule has 6 nitrogen and oxygen atoms in total. The van der Waals surface area contributed by atoms with Crippen molar-refractivity contribution in [3.8, 4) is 0 Å². The van der Waals surface area contributed by atoms with Crippen molar-refractivity contribution >= 4 is 10.0 Å². The lowest BCUT2D eigenvalue weighted by Gasteiger charge is -2.25. The Hall–Kier alpha value is -0.890. The van der Waals surface area contributed by atoms with Crippen LogP contribution in [0.25, 0.3) is 0 Å². The lowest BCUT2D eigenvalue weighted by atomic mass is 10.1. The molecule has 0 amide bonds. The van der Waals surface area contributed by atoms with Crippen LogP contribution in [0.5, 0.6) is 0 Å². The number of hydrogen-bond acceptors (Lipinski definition) is 5. The Morgan fingerprint density at radius 1 is 1.57 bits per heavy atom. The fraction of sp³-hybridized carbons (Fsp3) is 0.714. The second kappa shape index (κ2) is 7.40. The maximum atomic E-state index is 11.4. The van der Waals surface area contributed by atoms with Crippen LogP contribution in [-0.4, -0.2) is 49.9 Å². The predicted octanol–water partition coefficient (Wildman–Crippen LogP) is 1.11. The molecule has 21 heavy (non-hydrogen) atoms. The van der Waals surface area contributed by atoms with E-state index in [1.54, 1.807) is 25.3 Å². The molecule has 1 aliphatic rings. The van der Waals surface area contributed by atoms with Gasteiger partial charge in [0.25, 0.3) is 0 Å². The van der Waals surface area contributed by atoms with E-state index in [0.29, 0.717) is 25.3 Å². The Labute approximate surface area is 126 Å². The first kappa shape index (κ1) is 16.5. The van der Waals surface area contributed by atoms with E-state index in [1.165, 1.54) is 0 Å². The standard InChI is InChI=1S/C14H24N2O4S/c1-2-21(18,19)15-7-9-16-8-3-5-12(16)11-13(17)14-6-4-10-20-14/h4,6,10,12-13,15,17H,2-3,5,7-9,11H2,1H3. The first-order valence-electron chi connectivity index (χ1n) is 7.44. The molecular weight excluding hydrogens is 292 g/mol. The summed E-state index contributed by atoms with van der Waals surface area (Å²) in [6, 6.07) is 3.82. The second-order valence-electron chi connectivity index (χ2n) is 5.40. The maximum absolute atomic E-state index is 11.4. The van der Waals surface area contributed by atoms with Crippen molar-refractivity contribution in [3.05, 3.63) is 24.2 Å². The summed E-state index contributed by atoms with van der Waals surface area (Å²) in [5.74, 6) is 0.696. The molecule has 1 saturated heterocycles. The molecule has 0 spiro atoms. The number of rotatable bonds is 8. The van der Waals surface area contributed by atoms with Gasteiger partial charge in [-0.3, -0.25) is 4.90 Å². The number of likely N-dealkylation sites (tertiary alicyclic amines) is 1. The molecule has 0 aliphatic carbocycles. The molecule has 1 fully saturated rings. The van der Waals surface area contributed by atoms with Crippen LogP contribution >= 0.6 is 0 Å². The van der Waals surface area contributed by atoms with Gasteiger partial charge in [0.05, 0.1) is 12.0 Å². The first-order chi connectivity index (χ1) is 10.0. The zero-order chi connectivity index (χ0) is 15.3. The van der Waals surface area contributed by atoms with Crippen LogP contribution in [0.4, 0.5) is 0 Å². The number of nitrogens with zero attached hydrogens (tertiary/aromatic N) is 1. The van der Waals surface area contributed by atoms with Crippen molar-refractivity contribution in [1.29, 1.82) is 0 Å². The van der Waals surface area contributed by atoms with Gasteiger partial charge in [-0.1, -0.05) is 0 Å². The van der Waals surface area contributed by atoms with Crippen LogP contribution in [0.3, 0.4) is 0 Å². The highest BCUT2D eigenvalue weighted by molar-refractivity contribution is 7.89. The summed E-state index contributed by atoms with van der Waals surface area (Å²) in [4.78, 5) is 2.24. The van der Waals surface area contributed by atoms with Crippen molar-refractivity contribution in [3.63, 3.8) is 0 Å². The highest BCUT2D eigenvalue weighted by Gasteiger charge is 2.27. The van der Waals surface area contributed by atoms with E-state index in [9.17, 15) is 13.5 Å². The molecular formula is C14H24N2O4S. The molecule has 1 aromatic rings. The SMILES string of the molecule is CCS(=O)(=O)NCCN1CCCC1CC(O)c1ccco1. The molecule has 2 N–H and O–H groups in total. The molecule has 0 radical (unpaired) electrons. The summed E-state index contributed by atoms with van der Waals surface area (Å²) in [6.45, 7) is 3.67. The van der Waals surface area contributed by atoms with Gasteiger partial charge in [0, 0.05) is 19.1 Å². The number of nitrogens with one attached hydrogen (secondary N) is 1. The number of aliphatic hydroxyl groups excluding tert-OH is 1. The van der Waals surface area contributed by atoms with Gasteiger partial charge in [0.1, 0.15) is 11.9 Å². The summed E-state index contributed by atoms with van der Waals surface area (Å²) in [5, 5.41) is 10.1. The van der Waals surface area contributed by atoms with E-state index >= 15 is 0 Å². The molecule has 2 heterocycles. The van der Waals surface area contributed by atoms with Gasteiger partial charge in [-0.25, -0.2) is 13.1 Å². The van der Waals surface area contributed by atoms with Crippen molar-refractivity contribution in [1.82, 2.24) is 9.62 Å². The Bertz CT molecular complexity index is 515. The minimum absolute atomic E-state index is 0.105. The monoisotopic (exact) mass is 316 g/mol. The Balaban J connectivity index is 1.80. The van der Waals surface area contributed by atoms with Crippen LogP contribution < -0.4 is 4.72 Å². The Morgan fingerprint density at radius 2 is 2.38 bits per heavy atom. The number of aliphatic hydroxyl groups is 1. The van der Waals surface area contributed by atoms with Crippen molar-refractivity contribution < 1.29 is 17.9 Å². The Morgan fingerprint density at radius 3 is 3.05 bits per heavy atom. The minimum Gasteiger partial charge on any atom is -0.467 e. The van der Waals surface area contributed by atoms with Gasteiger partial charge in [0.15, 0.2) is 0 Å². The molecule has 2 rings (SSSR count). The van der Waals surface area contributed by atoms with Crippen LogP contribution in [0.15, 0.2) is 22.8 Å². The van der Waals surface area contributed by atoms with E-state index < -0.39 is 16.1 Å². The van der Waals surface area contributed by atoms with Crippen LogP contribution in [0, 0.1) is 0 Å². The zero-order valence-electron chi connectivity index (χ0n) is 12.4. The lowest BCUT2D eigenvalue weighted by Crippen LogP contribution is -2.38. The normalized spacial score (nSPS) is 21.7. The van der Waals surface area contributed by atoms with E-state index in [4.69, 9.17) is 4.42 Å². The molecule has 0 bridgehead atoms. The maximum Gasteiger partial charge on any atom is 0.211 e. The zero-order valence-corrected chi connectivity index (χ0v) is 13.2. The van der Waals surface area contributed by atoms with E-state index in [1.807, 2.05) is 0 Å². The molecule has 2 atom stereocenters. The summed E-state index contributed by atoms with van der Waals surface area (Å²) in [6.07, 6.45) is 3.69. The summed E-state index contributed by atoms with van der Waals surface area (Å²) in [5.41, 5.74) is 0. The quantitative estimate of drug-likeness (QED) is 0.750. The lowest BCUT2D eigenvalue weighted by molar-refractivity contribution is 0.102. The minimum atomic E-state index is -3.13. The third-order valence-electron chi connectivity index (χ3n) is 3.97. The fourth-order valence-corrected chi connectivity index (χ4v) is 3.36. The van der Waals surface area contributed by atoms with E-state index in [2.05, 4.69) is 9.62 Å². The summed E-state index contributed by atoms with van der Waals surface area (Å²) >= 11 is 0.